The average molecular weight is 325 g/mol. The van der Waals surface area contributed by atoms with E-state index < -0.39 is 0 Å². The summed E-state index contributed by atoms with van der Waals surface area (Å²) in [4.78, 5) is 0. The average Bonchev–Trinajstić information content (AvgIpc) is 2.45. The molecule has 0 rings (SSSR count). The van der Waals surface area contributed by atoms with E-state index in [-0.39, 0.29) is 6.61 Å². The van der Waals surface area contributed by atoms with E-state index in [0.29, 0.717) is 5.03 Å². The van der Waals surface area contributed by atoms with Gasteiger partial charge >= 0.3 is 0 Å². The Kier molecular flexibility index (Phi) is 12.3. The van der Waals surface area contributed by atoms with Gasteiger partial charge in [-0.15, -0.1) is 0 Å². The van der Waals surface area contributed by atoms with Crippen molar-refractivity contribution in [3.05, 3.63) is 45.6 Å². The van der Waals surface area contributed by atoms with Gasteiger partial charge in [-0.1, -0.05) is 52.1 Å². The minimum atomic E-state index is -0.0487. The number of hydrogen-bond donors (Lipinski definition) is 1. The molecular weight excluding hydrogens is 292 g/mol. The molecule has 0 aliphatic heterocycles. The van der Waals surface area contributed by atoms with Gasteiger partial charge in [-0.2, -0.15) is 0 Å². The van der Waals surface area contributed by atoms with Crippen molar-refractivity contribution in [3.63, 3.8) is 0 Å². The number of rotatable bonds is 10. The van der Waals surface area contributed by atoms with Crippen LogP contribution >= 0.6 is 11.6 Å². The first-order valence-electron chi connectivity index (χ1n) is 8.26. The van der Waals surface area contributed by atoms with Crippen LogP contribution in [0.4, 0.5) is 0 Å². The van der Waals surface area contributed by atoms with E-state index in [2.05, 4.69) is 45.9 Å². The summed E-state index contributed by atoms with van der Waals surface area (Å²) in [7, 11) is 0. The molecule has 1 N–H and O–H groups in total. The zero-order valence-corrected chi connectivity index (χ0v) is 15.8. The first-order chi connectivity index (χ1) is 10.4. The molecule has 0 aliphatic rings. The molecule has 0 unspecified atom stereocenters. The van der Waals surface area contributed by atoms with Crippen LogP contribution in [0.3, 0.4) is 0 Å². The summed E-state index contributed by atoms with van der Waals surface area (Å²) in [6.07, 6.45) is 13.4. The van der Waals surface area contributed by atoms with Crippen LogP contribution in [0, 0.1) is 0 Å². The van der Waals surface area contributed by atoms with Gasteiger partial charge in [0.1, 0.15) is 0 Å². The molecule has 0 radical (unpaired) electrons. The molecular formula is C20H33ClO. The molecule has 0 aromatic carbocycles. The van der Waals surface area contributed by atoms with Crippen LogP contribution in [-0.4, -0.2) is 11.7 Å². The number of aliphatic hydroxyl groups excluding tert-OH is 1. The van der Waals surface area contributed by atoms with E-state index in [1.807, 2.05) is 6.92 Å². The molecule has 1 nitrogen and oxygen atoms in total. The number of halogens is 1. The van der Waals surface area contributed by atoms with Gasteiger partial charge in [0, 0.05) is 5.03 Å². The van der Waals surface area contributed by atoms with Crippen LogP contribution in [0.2, 0.25) is 0 Å². The molecule has 0 aromatic heterocycles. The zero-order valence-electron chi connectivity index (χ0n) is 15.0. The fourth-order valence-electron chi connectivity index (χ4n) is 2.14. The van der Waals surface area contributed by atoms with Crippen molar-refractivity contribution >= 4 is 11.6 Å². The summed E-state index contributed by atoms with van der Waals surface area (Å²) in [6.45, 7) is 10.7. The van der Waals surface area contributed by atoms with Crippen molar-refractivity contribution in [2.24, 2.45) is 0 Å². The van der Waals surface area contributed by atoms with Gasteiger partial charge in [0.2, 0.25) is 0 Å². The highest BCUT2D eigenvalue weighted by Gasteiger charge is 1.97. The van der Waals surface area contributed by atoms with Gasteiger partial charge in [0.25, 0.3) is 0 Å². The Balaban J connectivity index is 4.04. The molecule has 0 spiro atoms. The normalized spacial score (nSPS) is 14.0. The molecule has 22 heavy (non-hydrogen) atoms. The third-order valence-corrected chi connectivity index (χ3v) is 4.18. The maximum atomic E-state index is 8.96. The Hall–Kier alpha value is -0.790. The summed E-state index contributed by atoms with van der Waals surface area (Å²) < 4.78 is 0. The maximum Gasteiger partial charge on any atom is 0.0787 e. The third kappa shape index (κ3) is 11.8. The van der Waals surface area contributed by atoms with E-state index in [4.69, 9.17) is 16.7 Å². The molecule has 0 amide bonds. The number of allylic oxidation sites excluding steroid dienone is 7. The van der Waals surface area contributed by atoms with Crippen molar-refractivity contribution in [3.8, 4) is 0 Å². The van der Waals surface area contributed by atoms with E-state index in [9.17, 15) is 0 Å². The zero-order chi connectivity index (χ0) is 17.0. The lowest BCUT2D eigenvalue weighted by molar-refractivity contribution is 0.337. The van der Waals surface area contributed by atoms with Gasteiger partial charge in [-0.25, -0.2) is 0 Å². The quantitative estimate of drug-likeness (QED) is 0.444. The smallest absolute Gasteiger partial charge is 0.0787 e. The Morgan fingerprint density at radius 1 is 0.773 bits per heavy atom. The van der Waals surface area contributed by atoms with Crippen molar-refractivity contribution in [2.45, 2.75) is 73.1 Å². The fourth-order valence-corrected chi connectivity index (χ4v) is 2.24. The van der Waals surface area contributed by atoms with E-state index >= 15 is 0 Å². The Morgan fingerprint density at radius 3 is 1.68 bits per heavy atom. The van der Waals surface area contributed by atoms with Crippen molar-refractivity contribution in [1.82, 2.24) is 0 Å². The lowest BCUT2D eigenvalue weighted by Gasteiger charge is -2.03. The van der Waals surface area contributed by atoms with Gasteiger partial charge < -0.3 is 5.11 Å². The van der Waals surface area contributed by atoms with Crippen LogP contribution in [0.15, 0.2) is 45.6 Å². The van der Waals surface area contributed by atoms with Gasteiger partial charge in [0.15, 0.2) is 0 Å². The van der Waals surface area contributed by atoms with Gasteiger partial charge in [-0.05, 0) is 73.1 Å². The molecule has 0 aromatic rings. The molecule has 0 bridgehead atoms. The summed E-state index contributed by atoms with van der Waals surface area (Å²) >= 11 is 5.91. The van der Waals surface area contributed by atoms with Crippen LogP contribution in [-0.2, 0) is 0 Å². The minimum Gasteiger partial charge on any atom is -0.391 e. The lowest BCUT2D eigenvalue weighted by Crippen LogP contribution is -1.88. The van der Waals surface area contributed by atoms with Crippen LogP contribution in [0.1, 0.15) is 73.1 Å². The van der Waals surface area contributed by atoms with Crippen molar-refractivity contribution < 1.29 is 5.11 Å². The van der Waals surface area contributed by atoms with Gasteiger partial charge in [-0.3, -0.25) is 0 Å². The summed E-state index contributed by atoms with van der Waals surface area (Å²) in [5.74, 6) is 0. The topological polar surface area (TPSA) is 20.2 Å². The summed E-state index contributed by atoms with van der Waals surface area (Å²) in [5.41, 5.74) is 5.40. The summed E-state index contributed by atoms with van der Waals surface area (Å²) in [5, 5.41) is 9.54. The second-order valence-electron chi connectivity index (χ2n) is 6.34. The first-order valence-corrected chi connectivity index (χ1v) is 8.64. The molecule has 0 aliphatic carbocycles. The molecule has 0 atom stereocenters. The predicted octanol–water partition coefficient (Wildman–Crippen LogP) is 6.69. The third-order valence-electron chi connectivity index (χ3n) is 3.74. The predicted molar refractivity (Wildman–Crippen MR) is 100 cm³/mol. The number of hydrogen-bond acceptors (Lipinski definition) is 1. The molecule has 0 saturated heterocycles. The highest BCUT2D eigenvalue weighted by molar-refractivity contribution is 6.30. The Morgan fingerprint density at radius 2 is 1.23 bits per heavy atom. The monoisotopic (exact) mass is 324 g/mol. The van der Waals surface area contributed by atoms with Crippen molar-refractivity contribution in [1.29, 1.82) is 0 Å². The molecule has 0 fully saturated rings. The lowest BCUT2D eigenvalue weighted by atomic mass is 10.0. The maximum absolute atomic E-state index is 8.96. The molecule has 0 saturated carbocycles. The summed E-state index contributed by atoms with van der Waals surface area (Å²) in [6, 6.07) is 0. The first kappa shape index (κ1) is 21.2. The Labute approximate surface area is 142 Å². The highest BCUT2D eigenvalue weighted by Crippen LogP contribution is 2.16. The van der Waals surface area contributed by atoms with Crippen LogP contribution in [0.25, 0.3) is 0 Å². The van der Waals surface area contributed by atoms with Crippen molar-refractivity contribution in [2.75, 3.05) is 6.61 Å². The molecule has 2 heteroatoms. The van der Waals surface area contributed by atoms with Gasteiger partial charge in [0.05, 0.1) is 6.61 Å². The van der Waals surface area contributed by atoms with Crippen LogP contribution in [0.5, 0.6) is 0 Å². The fraction of sp³-hybridized carbons (Fsp3) is 0.600. The highest BCUT2D eigenvalue weighted by atomic mass is 35.5. The second-order valence-corrected chi connectivity index (χ2v) is 6.80. The van der Waals surface area contributed by atoms with E-state index in [1.165, 1.54) is 16.7 Å². The molecule has 126 valence electrons. The van der Waals surface area contributed by atoms with Crippen LogP contribution < -0.4 is 0 Å². The second kappa shape index (κ2) is 12.7. The SMILES string of the molecule is CC(C)=CCCC(C)=CCCC(C)=CCCC(C)=C(Cl)CO. The van der Waals surface area contributed by atoms with E-state index in [1.54, 1.807) is 0 Å². The Bertz CT molecular complexity index is 435. The minimum absolute atomic E-state index is 0.0487. The van der Waals surface area contributed by atoms with E-state index in [0.717, 1.165) is 44.1 Å². The largest absolute Gasteiger partial charge is 0.391 e. The molecule has 0 heterocycles. The number of aliphatic hydroxyl groups is 1. The standard InChI is InChI=1S/C20H33ClO/c1-16(2)9-6-10-17(3)11-7-12-18(4)13-8-14-19(5)20(21)15-22/h9,11,13,22H,6-8,10,12,14-15H2,1-5H3.